The Balaban J connectivity index is 2.60. The monoisotopic (exact) mass is 211 g/mol. The van der Waals surface area contributed by atoms with E-state index in [-0.39, 0.29) is 12.1 Å². The van der Waals surface area contributed by atoms with Crippen molar-refractivity contribution >= 4 is 6.09 Å². The van der Waals surface area contributed by atoms with Crippen LogP contribution in [0, 0.1) is 0 Å². The molecule has 1 aliphatic heterocycles. The first-order valence-corrected chi connectivity index (χ1v) is 5.56. The lowest BCUT2D eigenvalue weighted by molar-refractivity contribution is 0.0150. The first kappa shape index (κ1) is 12.1. The molecule has 1 heterocycles. The number of carbonyl (C=O) groups excluding carboxylic acids is 1. The second kappa shape index (κ2) is 4.69. The average molecular weight is 211 g/mol. The van der Waals surface area contributed by atoms with Crippen molar-refractivity contribution in [3.8, 4) is 0 Å². The van der Waals surface area contributed by atoms with Crippen molar-refractivity contribution in [1.82, 2.24) is 4.90 Å². The van der Waals surface area contributed by atoms with E-state index in [0.29, 0.717) is 0 Å². The molecule has 3 nitrogen and oxygen atoms in total. The van der Waals surface area contributed by atoms with Crippen LogP contribution in [-0.2, 0) is 4.74 Å². The highest BCUT2D eigenvalue weighted by molar-refractivity contribution is 5.69. The van der Waals surface area contributed by atoms with Crippen molar-refractivity contribution < 1.29 is 9.53 Å². The van der Waals surface area contributed by atoms with Crippen LogP contribution in [0.2, 0.25) is 0 Å². The van der Waals surface area contributed by atoms with Crippen LogP contribution in [0.5, 0.6) is 0 Å². The maximum atomic E-state index is 11.8. The van der Waals surface area contributed by atoms with E-state index in [4.69, 9.17) is 4.74 Å². The van der Waals surface area contributed by atoms with Gasteiger partial charge in [-0.1, -0.05) is 6.08 Å². The fraction of sp³-hybridized carbons (Fsp3) is 0.750. The zero-order valence-corrected chi connectivity index (χ0v) is 9.95. The summed E-state index contributed by atoms with van der Waals surface area (Å²) in [5, 5.41) is 0. The van der Waals surface area contributed by atoms with E-state index in [9.17, 15) is 4.79 Å². The first-order valence-electron chi connectivity index (χ1n) is 5.56. The molecule has 0 unspecified atom stereocenters. The SMILES string of the molecule is C=C[C@@H]1CCCCN1C(=O)OC(C)(C)C. The molecular formula is C12H21NO2. The van der Waals surface area contributed by atoms with E-state index in [1.54, 1.807) is 4.90 Å². The molecule has 0 aromatic heterocycles. The van der Waals surface area contributed by atoms with Gasteiger partial charge in [0, 0.05) is 6.54 Å². The molecule has 15 heavy (non-hydrogen) atoms. The van der Waals surface area contributed by atoms with Crippen molar-refractivity contribution in [1.29, 1.82) is 0 Å². The summed E-state index contributed by atoms with van der Waals surface area (Å²) in [7, 11) is 0. The predicted molar refractivity (Wildman–Crippen MR) is 60.8 cm³/mol. The lowest BCUT2D eigenvalue weighted by Gasteiger charge is -2.35. The Morgan fingerprint density at radius 2 is 2.13 bits per heavy atom. The van der Waals surface area contributed by atoms with Crippen molar-refractivity contribution in [3.05, 3.63) is 12.7 Å². The third-order valence-corrected chi connectivity index (χ3v) is 2.45. The van der Waals surface area contributed by atoms with Gasteiger partial charge in [0.05, 0.1) is 6.04 Å². The molecule has 86 valence electrons. The molecule has 1 atom stereocenters. The number of hydrogen-bond acceptors (Lipinski definition) is 2. The summed E-state index contributed by atoms with van der Waals surface area (Å²) in [6.07, 6.45) is 4.85. The molecule has 0 saturated carbocycles. The van der Waals surface area contributed by atoms with E-state index >= 15 is 0 Å². The van der Waals surface area contributed by atoms with Gasteiger partial charge in [-0.3, -0.25) is 0 Å². The molecule has 0 spiro atoms. The molecule has 0 bridgehead atoms. The molecule has 0 aromatic rings. The van der Waals surface area contributed by atoms with Crippen LogP contribution in [-0.4, -0.2) is 29.2 Å². The van der Waals surface area contributed by atoms with Crippen molar-refractivity contribution in [2.75, 3.05) is 6.54 Å². The highest BCUT2D eigenvalue weighted by Gasteiger charge is 2.28. The zero-order valence-electron chi connectivity index (χ0n) is 9.95. The third kappa shape index (κ3) is 3.57. The van der Waals surface area contributed by atoms with Crippen molar-refractivity contribution in [3.63, 3.8) is 0 Å². The summed E-state index contributed by atoms with van der Waals surface area (Å²) in [5.74, 6) is 0. The maximum Gasteiger partial charge on any atom is 0.410 e. The lowest BCUT2D eigenvalue weighted by atomic mass is 10.0. The molecule has 0 aliphatic carbocycles. The molecule has 1 saturated heterocycles. The molecule has 3 heteroatoms. The summed E-state index contributed by atoms with van der Waals surface area (Å²) in [6.45, 7) is 10.2. The number of nitrogens with zero attached hydrogens (tertiary/aromatic N) is 1. The van der Waals surface area contributed by atoms with E-state index in [1.807, 2.05) is 26.8 Å². The van der Waals surface area contributed by atoms with Gasteiger partial charge >= 0.3 is 6.09 Å². The van der Waals surface area contributed by atoms with Crippen LogP contribution < -0.4 is 0 Å². The average Bonchev–Trinajstić information content (AvgIpc) is 2.15. The Bertz CT molecular complexity index is 242. The maximum absolute atomic E-state index is 11.8. The van der Waals surface area contributed by atoms with Gasteiger partial charge in [-0.25, -0.2) is 4.79 Å². The van der Waals surface area contributed by atoms with Gasteiger partial charge in [0.25, 0.3) is 0 Å². The number of ether oxygens (including phenoxy) is 1. The van der Waals surface area contributed by atoms with Crippen LogP contribution >= 0.6 is 0 Å². The van der Waals surface area contributed by atoms with E-state index in [0.717, 1.165) is 25.8 Å². The molecule has 1 fully saturated rings. The normalized spacial score (nSPS) is 22.3. The third-order valence-electron chi connectivity index (χ3n) is 2.45. The van der Waals surface area contributed by atoms with Crippen LogP contribution in [0.25, 0.3) is 0 Å². The van der Waals surface area contributed by atoms with Crippen molar-refractivity contribution in [2.24, 2.45) is 0 Å². The van der Waals surface area contributed by atoms with E-state index in [1.165, 1.54) is 0 Å². The number of rotatable bonds is 1. The van der Waals surface area contributed by atoms with Gasteiger partial charge < -0.3 is 9.64 Å². The van der Waals surface area contributed by atoms with Crippen LogP contribution in [0.1, 0.15) is 40.0 Å². The zero-order chi connectivity index (χ0) is 11.5. The molecule has 0 aromatic carbocycles. The van der Waals surface area contributed by atoms with Gasteiger partial charge in [0.2, 0.25) is 0 Å². The molecule has 1 amide bonds. The largest absolute Gasteiger partial charge is 0.444 e. The number of likely N-dealkylation sites (tertiary alicyclic amines) is 1. The lowest BCUT2D eigenvalue weighted by Crippen LogP contribution is -2.45. The highest BCUT2D eigenvalue weighted by Crippen LogP contribution is 2.20. The van der Waals surface area contributed by atoms with Crippen LogP contribution in [0.15, 0.2) is 12.7 Å². The number of piperidine rings is 1. The highest BCUT2D eigenvalue weighted by atomic mass is 16.6. The van der Waals surface area contributed by atoms with Gasteiger partial charge in [-0.2, -0.15) is 0 Å². The predicted octanol–water partition coefficient (Wildman–Crippen LogP) is 2.96. The minimum atomic E-state index is -0.416. The number of amides is 1. The first-order chi connectivity index (χ1) is 6.94. The minimum Gasteiger partial charge on any atom is -0.444 e. The molecular weight excluding hydrogens is 190 g/mol. The quantitative estimate of drug-likeness (QED) is 0.624. The summed E-state index contributed by atoms with van der Waals surface area (Å²) in [6, 6.07) is 0.147. The van der Waals surface area contributed by atoms with Gasteiger partial charge in [-0.05, 0) is 40.0 Å². The fourth-order valence-electron chi connectivity index (χ4n) is 1.75. The standard InChI is InChI=1S/C12H21NO2/c1-5-10-8-6-7-9-13(10)11(14)15-12(2,3)4/h5,10H,1,6-9H2,2-4H3/t10-/m1/s1. The van der Waals surface area contributed by atoms with Crippen LogP contribution in [0.4, 0.5) is 4.79 Å². The Hall–Kier alpha value is -0.990. The number of carbonyl (C=O) groups is 1. The van der Waals surface area contributed by atoms with Gasteiger partial charge in [0.1, 0.15) is 5.60 Å². The van der Waals surface area contributed by atoms with Gasteiger partial charge in [0.15, 0.2) is 0 Å². The summed E-state index contributed by atoms with van der Waals surface area (Å²) >= 11 is 0. The Morgan fingerprint density at radius 3 is 2.67 bits per heavy atom. The van der Waals surface area contributed by atoms with E-state index in [2.05, 4.69) is 6.58 Å². The fourth-order valence-corrected chi connectivity index (χ4v) is 1.75. The molecule has 0 N–H and O–H groups in total. The Labute approximate surface area is 92.1 Å². The summed E-state index contributed by atoms with van der Waals surface area (Å²) in [5.41, 5.74) is -0.416. The number of hydrogen-bond donors (Lipinski definition) is 0. The van der Waals surface area contributed by atoms with E-state index < -0.39 is 5.60 Å². The molecule has 1 rings (SSSR count). The minimum absolute atomic E-state index is 0.147. The molecule has 1 aliphatic rings. The second-order valence-corrected chi connectivity index (χ2v) is 4.97. The topological polar surface area (TPSA) is 29.5 Å². The summed E-state index contributed by atoms with van der Waals surface area (Å²) in [4.78, 5) is 13.6. The smallest absolute Gasteiger partial charge is 0.410 e. The van der Waals surface area contributed by atoms with Crippen LogP contribution in [0.3, 0.4) is 0 Å². The second-order valence-electron chi connectivity index (χ2n) is 4.97. The van der Waals surface area contributed by atoms with Crippen molar-refractivity contribution in [2.45, 2.75) is 51.7 Å². The summed E-state index contributed by atoms with van der Waals surface area (Å²) < 4.78 is 5.35. The Kier molecular flexibility index (Phi) is 3.77. The Morgan fingerprint density at radius 1 is 1.47 bits per heavy atom. The molecule has 0 radical (unpaired) electrons. The van der Waals surface area contributed by atoms with Gasteiger partial charge in [-0.15, -0.1) is 6.58 Å².